The van der Waals surface area contributed by atoms with Crippen LogP contribution in [0, 0.1) is 5.92 Å². The van der Waals surface area contributed by atoms with Gasteiger partial charge in [0.05, 0.1) is 10.7 Å². The summed E-state index contributed by atoms with van der Waals surface area (Å²) in [6, 6.07) is 12.2. The smallest absolute Gasteiger partial charge is 0.405 e. The Morgan fingerprint density at radius 2 is 1.81 bits per heavy atom. The van der Waals surface area contributed by atoms with Crippen LogP contribution in [-0.2, 0) is 14.6 Å². The number of hydrogen-bond donors (Lipinski definition) is 1. The monoisotopic (exact) mass is 465 g/mol. The van der Waals surface area contributed by atoms with Gasteiger partial charge in [-0.05, 0) is 42.2 Å². The first kappa shape index (κ1) is 23.6. The lowest BCUT2D eigenvalue weighted by Gasteiger charge is -2.16. The quantitative estimate of drug-likeness (QED) is 0.588. The molecule has 2 aromatic carbocycles. The Balaban J connectivity index is 1.62. The van der Waals surface area contributed by atoms with Crippen LogP contribution >= 0.6 is 0 Å². The van der Waals surface area contributed by atoms with Crippen molar-refractivity contribution in [2.24, 2.45) is 5.92 Å². The topological polar surface area (TPSA) is 72.5 Å². The summed E-state index contributed by atoms with van der Waals surface area (Å²) in [6.07, 6.45) is 0.725. The normalized spacial score (nSPS) is 16.4. The zero-order chi connectivity index (χ0) is 23.4. The SMILES string of the molecule is CCS(=O)(=O)C1=CCC(CC(=O)Nc2ccc(-c3ccccc3OC(F)(F)F)cc2)C=C1. The van der Waals surface area contributed by atoms with Crippen molar-refractivity contribution in [1.29, 1.82) is 0 Å². The Hall–Kier alpha value is -3.07. The fourth-order valence-corrected chi connectivity index (χ4v) is 4.27. The minimum absolute atomic E-state index is 0.0249. The van der Waals surface area contributed by atoms with Gasteiger partial charge in [0.25, 0.3) is 0 Å². The number of rotatable bonds is 7. The van der Waals surface area contributed by atoms with Crippen molar-refractivity contribution in [2.75, 3.05) is 11.1 Å². The van der Waals surface area contributed by atoms with Crippen LogP contribution < -0.4 is 10.1 Å². The highest BCUT2D eigenvalue weighted by molar-refractivity contribution is 7.95. The van der Waals surface area contributed by atoms with Crippen LogP contribution in [0.25, 0.3) is 11.1 Å². The van der Waals surface area contributed by atoms with Gasteiger partial charge in [0.2, 0.25) is 5.91 Å². The van der Waals surface area contributed by atoms with E-state index in [9.17, 15) is 26.4 Å². The van der Waals surface area contributed by atoms with Gasteiger partial charge in [0.15, 0.2) is 9.84 Å². The molecule has 0 aromatic heterocycles. The molecule has 1 aliphatic rings. The predicted molar refractivity (Wildman–Crippen MR) is 117 cm³/mol. The Morgan fingerprint density at radius 1 is 1.12 bits per heavy atom. The van der Waals surface area contributed by atoms with E-state index >= 15 is 0 Å². The van der Waals surface area contributed by atoms with Gasteiger partial charge in [-0.15, -0.1) is 13.2 Å². The zero-order valence-electron chi connectivity index (χ0n) is 17.2. The number of alkyl halides is 3. The molecule has 0 fully saturated rings. The maximum Gasteiger partial charge on any atom is 0.573 e. The van der Waals surface area contributed by atoms with Gasteiger partial charge in [0.1, 0.15) is 5.75 Å². The Labute approximate surface area is 184 Å². The van der Waals surface area contributed by atoms with E-state index in [1.54, 1.807) is 49.4 Å². The third-order valence-electron chi connectivity index (χ3n) is 4.93. The number of sulfone groups is 1. The molecular formula is C23H22F3NO4S. The first-order chi connectivity index (χ1) is 15.1. The van der Waals surface area contributed by atoms with Gasteiger partial charge in [-0.2, -0.15) is 0 Å². The standard InChI is InChI=1S/C23H22F3NO4S/c1-2-32(29,30)19-13-7-16(8-14-19)15-22(28)27-18-11-9-17(10-12-18)20-5-3-4-6-21(20)31-23(24,25)26/h3-7,9-14,16H,2,8,15H2,1H3,(H,27,28). The fraction of sp³-hybridized carbons (Fsp3) is 0.261. The first-order valence-electron chi connectivity index (χ1n) is 9.93. The molecule has 9 heteroatoms. The molecule has 1 aliphatic carbocycles. The predicted octanol–water partition coefficient (Wildman–Crippen LogP) is 5.48. The molecule has 170 valence electrons. The Kier molecular flexibility index (Phi) is 7.08. The van der Waals surface area contributed by atoms with Gasteiger partial charge in [-0.1, -0.05) is 49.4 Å². The third-order valence-corrected chi connectivity index (χ3v) is 6.71. The van der Waals surface area contributed by atoms with E-state index in [4.69, 9.17) is 0 Å². The highest BCUT2D eigenvalue weighted by Crippen LogP contribution is 2.34. The summed E-state index contributed by atoms with van der Waals surface area (Å²) in [5.41, 5.74) is 1.28. The van der Waals surface area contributed by atoms with Crippen molar-refractivity contribution in [1.82, 2.24) is 0 Å². The van der Waals surface area contributed by atoms with Crippen LogP contribution in [0.5, 0.6) is 5.75 Å². The van der Waals surface area contributed by atoms with Gasteiger partial charge in [-0.25, -0.2) is 8.42 Å². The van der Waals surface area contributed by atoms with Crippen LogP contribution in [0.4, 0.5) is 18.9 Å². The largest absolute Gasteiger partial charge is 0.573 e. The van der Waals surface area contributed by atoms with Gasteiger partial charge >= 0.3 is 6.36 Å². The van der Waals surface area contributed by atoms with E-state index in [1.165, 1.54) is 24.3 Å². The highest BCUT2D eigenvalue weighted by atomic mass is 32.2. The summed E-state index contributed by atoms with van der Waals surface area (Å²) >= 11 is 0. The number of hydrogen-bond acceptors (Lipinski definition) is 4. The summed E-state index contributed by atoms with van der Waals surface area (Å²) in [7, 11) is -3.26. The first-order valence-corrected chi connectivity index (χ1v) is 11.6. The van der Waals surface area contributed by atoms with Crippen LogP contribution in [0.15, 0.2) is 71.7 Å². The molecule has 0 heterocycles. The average Bonchev–Trinajstić information content (AvgIpc) is 2.74. The van der Waals surface area contributed by atoms with Crippen LogP contribution in [-0.4, -0.2) is 26.4 Å². The Bertz CT molecular complexity index is 1140. The van der Waals surface area contributed by atoms with Crippen LogP contribution in [0.1, 0.15) is 19.8 Å². The molecular weight excluding hydrogens is 443 g/mol. The number of carbonyl (C=O) groups is 1. The molecule has 1 atom stereocenters. The molecule has 0 saturated carbocycles. The van der Waals surface area contributed by atoms with E-state index in [-0.39, 0.29) is 40.2 Å². The number of allylic oxidation sites excluding steroid dienone is 3. The summed E-state index contributed by atoms with van der Waals surface area (Å²) in [5.74, 6) is -0.643. The maximum absolute atomic E-state index is 12.6. The van der Waals surface area contributed by atoms with Crippen LogP contribution in [0.3, 0.4) is 0 Å². The summed E-state index contributed by atoms with van der Waals surface area (Å²) < 4.78 is 65.7. The molecule has 2 aromatic rings. The molecule has 1 unspecified atom stereocenters. The van der Waals surface area contributed by atoms with Crippen molar-refractivity contribution in [3.8, 4) is 16.9 Å². The molecule has 1 amide bonds. The van der Waals surface area contributed by atoms with E-state index in [0.717, 1.165) is 0 Å². The molecule has 32 heavy (non-hydrogen) atoms. The third kappa shape index (κ3) is 6.23. The second-order valence-corrected chi connectivity index (χ2v) is 9.52. The molecule has 0 spiro atoms. The number of para-hydroxylation sites is 1. The van der Waals surface area contributed by atoms with Gasteiger partial charge in [0, 0.05) is 17.7 Å². The maximum atomic E-state index is 12.6. The molecule has 1 N–H and O–H groups in total. The summed E-state index contributed by atoms with van der Waals surface area (Å²) in [5, 5.41) is 2.75. The number of ether oxygens (including phenoxy) is 1. The van der Waals surface area contributed by atoms with Crippen molar-refractivity contribution < 1.29 is 31.1 Å². The zero-order valence-corrected chi connectivity index (χ0v) is 18.0. The molecule has 0 bridgehead atoms. The molecule has 3 rings (SSSR count). The second kappa shape index (κ2) is 9.60. The lowest BCUT2D eigenvalue weighted by Crippen LogP contribution is -2.17. The van der Waals surface area contributed by atoms with E-state index in [1.807, 2.05) is 0 Å². The summed E-state index contributed by atoms with van der Waals surface area (Å²) in [4.78, 5) is 12.6. The number of benzene rings is 2. The van der Waals surface area contributed by atoms with Gasteiger partial charge in [-0.3, -0.25) is 4.79 Å². The highest BCUT2D eigenvalue weighted by Gasteiger charge is 2.32. The van der Waals surface area contributed by atoms with E-state index < -0.39 is 16.2 Å². The van der Waals surface area contributed by atoms with Crippen molar-refractivity contribution in [3.63, 3.8) is 0 Å². The molecule has 0 radical (unpaired) electrons. The van der Waals surface area contributed by atoms with Crippen molar-refractivity contribution >= 4 is 21.4 Å². The molecule has 0 aliphatic heterocycles. The fourth-order valence-electron chi connectivity index (χ4n) is 3.30. The number of carbonyl (C=O) groups excluding carboxylic acids is 1. The lowest BCUT2D eigenvalue weighted by molar-refractivity contribution is -0.274. The van der Waals surface area contributed by atoms with Gasteiger partial charge < -0.3 is 10.1 Å². The lowest BCUT2D eigenvalue weighted by atomic mass is 9.97. The Morgan fingerprint density at radius 3 is 2.41 bits per heavy atom. The minimum Gasteiger partial charge on any atom is -0.405 e. The van der Waals surface area contributed by atoms with Crippen molar-refractivity contribution in [2.45, 2.75) is 26.1 Å². The second-order valence-electron chi connectivity index (χ2n) is 7.24. The number of amides is 1. The molecule has 0 saturated heterocycles. The van der Waals surface area contributed by atoms with E-state index in [0.29, 0.717) is 17.7 Å². The summed E-state index contributed by atoms with van der Waals surface area (Å²) in [6.45, 7) is 1.58. The molecule has 5 nitrogen and oxygen atoms in total. The minimum atomic E-state index is -4.80. The number of nitrogens with one attached hydrogen (secondary N) is 1. The number of halogens is 3. The van der Waals surface area contributed by atoms with Crippen molar-refractivity contribution in [3.05, 3.63) is 71.7 Å². The van der Waals surface area contributed by atoms with E-state index in [2.05, 4.69) is 10.1 Å². The number of anilines is 1. The average molecular weight is 465 g/mol. The van der Waals surface area contributed by atoms with Crippen LogP contribution in [0.2, 0.25) is 0 Å².